The highest BCUT2D eigenvalue weighted by Crippen LogP contribution is 2.27. The molecule has 8 heteroatoms. The van der Waals surface area contributed by atoms with E-state index in [9.17, 15) is 9.59 Å². The first-order valence-corrected chi connectivity index (χ1v) is 8.46. The summed E-state index contributed by atoms with van der Waals surface area (Å²) in [5, 5.41) is 2.66. The molecule has 0 aliphatic rings. The van der Waals surface area contributed by atoms with Gasteiger partial charge < -0.3 is 29.0 Å². The minimum atomic E-state index is -0.660. The van der Waals surface area contributed by atoms with E-state index in [2.05, 4.69) is 5.32 Å². The summed E-state index contributed by atoms with van der Waals surface area (Å²) in [5.74, 6) is 0.992. The number of hydrogen-bond donors (Lipinski definition) is 1. The molecule has 0 bridgehead atoms. The second-order valence-corrected chi connectivity index (χ2v) is 5.57. The number of ether oxygens (including phenoxy) is 5. The van der Waals surface area contributed by atoms with Crippen LogP contribution < -0.4 is 24.3 Å². The molecule has 0 unspecified atom stereocenters. The maximum Gasteiger partial charge on any atom is 0.344 e. The van der Waals surface area contributed by atoms with E-state index in [4.69, 9.17) is 23.7 Å². The molecule has 28 heavy (non-hydrogen) atoms. The van der Waals surface area contributed by atoms with E-state index < -0.39 is 18.5 Å². The Kier molecular flexibility index (Phi) is 7.95. The zero-order valence-corrected chi connectivity index (χ0v) is 16.0. The third-order valence-electron chi connectivity index (χ3n) is 3.72. The fourth-order valence-electron chi connectivity index (χ4n) is 2.30. The van der Waals surface area contributed by atoms with Gasteiger partial charge in [0.1, 0.15) is 0 Å². The average molecular weight is 389 g/mol. The first-order chi connectivity index (χ1) is 13.6. The van der Waals surface area contributed by atoms with Crippen molar-refractivity contribution in [1.29, 1.82) is 0 Å². The quantitative estimate of drug-likeness (QED) is 0.621. The Morgan fingerprint density at radius 2 is 1.46 bits per heavy atom. The lowest BCUT2D eigenvalue weighted by atomic mass is 10.2. The molecule has 0 saturated heterocycles. The Bertz CT molecular complexity index is 807. The van der Waals surface area contributed by atoms with Crippen molar-refractivity contribution in [3.63, 3.8) is 0 Å². The number of hydrogen-bond acceptors (Lipinski definition) is 7. The number of carbonyl (C=O) groups is 2. The largest absolute Gasteiger partial charge is 0.493 e. The lowest BCUT2D eigenvalue weighted by molar-refractivity contribution is -0.150. The SMILES string of the molecule is COc1ccc(CNC(=O)COC(=O)COc2ccccc2OC)cc1OC. The molecule has 0 fully saturated rings. The van der Waals surface area contributed by atoms with Crippen molar-refractivity contribution in [2.24, 2.45) is 0 Å². The number of benzene rings is 2. The predicted octanol–water partition coefficient (Wildman–Crippen LogP) is 1.95. The van der Waals surface area contributed by atoms with Gasteiger partial charge in [-0.2, -0.15) is 0 Å². The van der Waals surface area contributed by atoms with Gasteiger partial charge >= 0.3 is 5.97 Å². The zero-order valence-electron chi connectivity index (χ0n) is 16.0. The van der Waals surface area contributed by atoms with E-state index >= 15 is 0 Å². The van der Waals surface area contributed by atoms with E-state index in [1.54, 1.807) is 49.6 Å². The first kappa shape index (κ1) is 20.9. The van der Waals surface area contributed by atoms with Crippen LogP contribution in [-0.2, 0) is 20.9 Å². The van der Waals surface area contributed by atoms with E-state index in [1.165, 1.54) is 14.2 Å². The van der Waals surface area contributed by atoms with E-state index in [-0.39, 0.29) is 13.2 Å². The number of para-hydroxylation sites is 2. The topological polar surface area (TPSA) is 92.3 Å². The summed E-state index contributed by atoms with van der Waals surface area (Å²) in [5.41, 5.74) is 0.817. The molecule has 2 aromatic carbocycles. The maximum absolute atomic E-state index is 11.9. The summed E-state index contributed by atoms with van der Waals surface area (Å²) in [6.45, 7) is -0.473. The van der Waals surface area contributed by atoms with Crippen LogP contribution in [-0.4, -0.2) is 46.4 Å². The third kappa shape index (κ3) is 6.08. The lowest BCUT2D eigenvalue weighted by Crippen LogP contribution is -2.29. The van der Waals surface area contributed by atoms with Crippen molar-refractivity contribution in [2.75, 3.05) is 34.5 Å². The van der Waals surface area contributed by atoms with Gasteiger partial charge in [-0.1, -0.05) is 18.2 Å². The Morgan fingerprint density at radius 1 is 0.821 bits per heavy atom. The number of carbonyl (C=O) groups excluding carboxylic acids is 2. The molecule has 2 rings (SSSR count). The first-order valence-electron chi connectivity index (χ1n) is 8.46. The highest BCUT2D eigenvalue weighted by atomic mass is 16.6. The van der Waals surface area contributed by atoms with Crippen LogP contribution >= 0.6 is 0 Å². The lowest BCUT2D eigenvalue weighted by Gasteiger charge is -2.11. The number of nitrogens with one attached hydrogen (secondary N) is 1. The molecule has 150 valence electrons. The van der Waals surface area contributed by atoms with E-state index in [1.807, 2.05) is 0 Å². The fourth-order valence-corrected chi connectivity index (χ4v) is 2.30. The van der Waals surface area contributed by atoms with Crippen LogP contribution in [0.25, 0.3) is 0 Å². The van der Waals surface area contributed by atoms with Gasteiger partial charge in [-0.05, 0) is 29.8 Å². The van der Waals surface area contributed by atoms with Crippen LogP contribution in [0.5, 0.6) is 23.0 Å². The summed E-state index contributed by atoms with van der Waals surface area (Å²) < 4.78 is 25.7. The molecule has 2 aromatic rings. The van der Waals surface area contributed by atoms with Crippen molar-refractivity contribution in [3.05, 3.63) is 48.0 Å². The molecular weight excluding hydrogens is 366 g/mol. The van der Waals surface area contributed by atoms with E-state index in [0.717, 1.165) is 5.56 Å². The van der Waals surface area contributed by atoms with Gasteiger partial charge in [0.2, 0.25) is 0 Å². The van der Waals surface area contributed by atoms with Crippen LogP contribution in [0.3, 0.4) is 0 Å². The van der Waals surface area contributed by atoms with E-state index in [0.29, 0.717) is 23.0 Å². The van der Waals surface area contributed by atoms with Crippen molar-refractivity contribution in [1.82, 2.24) is 5.32 Å². The Balaban J connectivity index is 1.74. The second kappa shape index (κ2) is 10.7. The predicted molar refractivity (Wildman–Crippen MR) is 101 cm³/mol. The summed E-state index contributed by atoms with van der Waals surface area (Å²) in [7, 11) is 4.58. The minimum absolute atomic E-state index is 0.258. The summed E-state index contributed by atoms with van der Waals surface area (Å²) in [6.07, 6.45) is 0. The summed E-state index contributed by atoms with van der Waals surface area (Å²) in [4.78, 5) is 23.6. The molecule has 0 heterocycles. The van der Waals surface area contributed by atoms with Crippen molar-refractivity contribution in [2.45, 2.75) is 6.54 Å². The molecule has 0 aliphatic carbocycles. The molecule has 0 radical (unpaired) electrons. The Morgan fingerprint density at radius 3 is 2.14 bits per heavy atom. The van der Waals surface area contributed by atoms with Gasteiger partial charge in [0, 0.05) is 6.54 Å². The molecule has 0 spiro atoms. The highest BCUT2D eigenvalue weighted by molar-refractivity contribution is 5.80. The minimum Gasteiger partial charge on any atom is -0.493 e. The third-order valence-corrected chi connectivity index (χ3v) is 3.72. The summed E-state index contributed by atoms with van der Waals surface area (Å²) >= 11 is 0. The molecule has 0 aliphatic heterocycles. The smallest absolute Gasteiger partial charge is 0.344 e. The fraction of sp³-hybridized carbons (Fsp3) is 0.300. The van der Waals surface area contributed by atoms with Gasteiger partial charge in [-0.15, -0.1) is 0 Å². The molecule has 1 N–H and O–H groups in total. The zero-order chi connectivity index (χ0) is 20.4. The van der Waals surface area contributed by atoms with Crippen molar-refractivity contribution >= 4 is 11.9 Å². The molecule has 1 amide bonds. The number of methoxy groups -OCH3 is 3. The number of rotatable bonds is 10. The number of amides is 1. The standard InChI is InChI=1S/C20H23NO7/c1-24-15-6-4-5-7-17(15)27-13-20(23)28-12-19(22)21-11-14-8-9-16(25-2)18(10-14)26-3/h4-10H,11-13H2,1-3H3,(H,21,22). The number of esters is 1. The molecule has 0 aromatic heterocycles. The van der Waals surface area contributed by atoms with Crippen molar-refractivity contribution in [3.8, 4) is 23.0 Å². The maximum atomic E-state index is 11.9. The Labute approximate surface area is 163 Å². The van der Waals surface area contributed by atoms with Gasteiger partial charge in [-0.25, -0.2) is 4.79 Å². The second-order valence-electron chi connectivity index (χ2n) is 5.57. The van der Waals surface area contributed by atoms with Gasteiger partial charge in [0.25, 0.3) is 5.91 Å². The van der Waals surface area contributed by atoms with Crippen LogP contribution in [0, 0.1) is 0 Å². The van der Waals surface area contributed by atoms with Gasteiger partial charge in [0.05, 0.1) is 21.3 Å². The van der Waals surface area contributed by atoms with Crippen LogP contribution in [0.2, 0.25) is 0 Å². The van der Waals surface area contributed by atoms with Crippen LogP contribution in [0.1, 0.15) is 5.56 Å². The van der Waals surface area contributed by atoms with Crippen molar-refractivity contribution < 1.29 is 33.3 Å². The highest BCUT2D eigenvalue weighted by Gasteiger charge is 2.11. The monoisotopic (exact) mass is 389 g/mol. The van der Waals surface area contributed by atoms with Gasteiger partial charge in [0.15, 0.2) is 36.2 Å². The van der Waals surface area contributed by atoms with Crippen LogP contribution in [0.15, 0.2) is 42.5 Å². The molecule has 8 nitrogen and oxygen atoms in total. The normalized spacial score (nSPS) is 9.96. The summed E-state index contributed by atoms with van der Waals surface area (Å²) in [6, 6.07) is 12.2. The average Bonchev–Trinajstić information content (AvgIpc) is 2.74. The molecular formula is C20H23NO7. The van der Waals surface area contributed by atoms with Gasteiger partial charge in [-0.3, -0.25) is 4.79 Å². The molecule has 0 saturated carbocycles. The molecule has 0 atom stereocenters. The van der Waals surface area contributed by atoms with Crippen LogP contribution in [0.4, 0.5) is 0 Å². The Hall–Kier alpha value is -3.42.